The van der Waals surface area contributed by atoms with Crippen LogP contribution in [0.5, 0.6) is 0 Å². The third-order valence-corrected chi connectivity index (χ3v) is 18.1. The molecule has 2 atom stereocenters. The highest BCUT2D eigenvalue weighted by atomic mass is 28.4. The first-order chi connectivity index (χ1) is 30.7. The molecule has 0 N–H and O–H groups in total. The molecule has 2 unspecified atom stereocenters. The zero-order chi connectivity index (χ0) is 48.8. The average molecular weight is 957 g/mol. The zero-order valence-electron chi connectivity index (χ0n) is 41.1. The number of hydrogen-bond acceptors (Lipinski definition) is 16. The minimum atomic E-state index is -3.27. The van der Waals surface area contributed by atoms with E-state index in [1.807, 2.05) is 0 Å². The summed E-state index contributed by atoms with van der Waals surface area (Å²) in [6.45, 7) is 26.2. The van der Waals surface area contributed by atoms with Gasteiger partial charge in [0.25, 0.3) is 0 Å². The standard InChI is InChI=1S/C47H80O16Si2/c1-33(2)43(48)56-25-15-27-64(52-11,53-12)62-41(31-60-45(50)35(5)6)29-58-39-21-17-37(18-22-39)47(9,10)38-19-23-40(24-20-38)59-30-42(32-61-46(51)36(7)8)63-65(54-13,55-14)28-16-26-57-44(49)34(3)4/h37-42H,1,3,5,7,15-32H2,2,4,6,8-14H3. The summed E-state index contributed by atoms with van der Waals surface area (Å²) in [6, 6.07) is 0.739. The molecular weight excluding hydrogens is 877 g/mol. The molecule has 65 heavy (non-hydrogen) atoms. The van der Waals surface area contributed by atoms with Crippen molar-refractivity contribution >= 4 is 41.5 Å². The van der Waals surface area contributed by atoms with E-state index in [0.29, 0.717) is 47.9 Å². The number of hydrogen-bond donors (Lipinski definition) is 0. The maximum absolute atomic E-state index is 12.3. The van der Waals surface area contributed by atoms with Gasteiger partial charge in [-0.3, -0.25) is 0 Å². The Morgan fingerprint density at radius 3 is 1.06 bits per heavy atom. The molecule has 16 nitrogen and oxygen atoms in total. The molecule has 372 valence electrons. The molecule has 0 bridgehead atoms. The van der Waals surface area contributed by atoms with Crippen LogP contribution in [0.25, 0.3) is 0 Å². The van der Waals surface area contributed by atoms with Gasteiger partial charge in [0.1, 0.15) is 25.4 Å². The predicted octanol–water partition coefficient (Wildman–Crippen LogP) is 7.65. The van der Waals surface area contributed by atoms with Gasteiger partial charge in [-0.1, -0.05) is 40.2 Å². The molecule has 0 heterocycles. The van der Waals surface area contributed by atoms with E-state index < -0.39 is 53.7 Å². The molecule has 0 amide bonds. The molecule has 0 aromatic heterocycles. The monoisotopic (exact) mass is 956 g/mol. The van der Waals surface area contributed by atoms with E-state index in [2.05, 4.69) is 40.2 Å². The van der Waals surface area contributed by atoms with Crippen molar-refractivity contribution in [3.63, 3.8) is 0 Å². The van der Waals surface area contributed by atoms with Gasteiger partial charge in [0.05, 0.1) is 38.6 Å². The van der Waals surface area contributed by atoms with Crippen molar-refractivity contribution in [2.45, 2.75) is 142 Å². The maximum Gasteiger partial charge on any atom is 0.500 e. The Kier molecular flexibility index (Phi) is 25.9. The van der Waals surface area contributed by atoms with E-state index in [-0.39, 0.29) is 68.4 Å². The highest BCUT2D eigenvalue weighted by molar-refractivity contribution is 6.61. The summed E-state index contributed by atoms with van der Waals surface area (Å²) in [7, 11) is -0.462. The van der Waals surface area contributed by atoms with Crippen LogP contribution in [0.3, 0.4) is 0 Å². The summed E-state index contributed by atoms with van der Waals surface area (Å²) < 4.78 is 70.5. The van der Waals surface area contributed by atoms with Crippen molar-refractivity contribution in [3.8, 4) is 0 Å². The highest BCUT2D eigenvalue weighted by Gasteiger charge is 2.45. The smallest absolute Gasteiger partial charge is 0.462 e. The summed E-state index contributed by atoms with van der Waals surface area (Å²) in [6.07, 6.45) is 7.23. The van der Waals surface area contributed by atoms with Gasteiger partial charge in [-0.25, -0.2) is 19.2 Å². The van der Waals surface area contributed by atoms with Gasteiger partial charge in [0, 0.05) is 62.8 Å². The Labute approximate surface area is 390 Å². The van der Waals surface area contributed by atoms with Crippen molar-refractivity contribution in [1.82, 2.24) is 0 Å². The molecule has 0 radical (unpaired) electrons. The van der Waals surface area contributed by atoms with Crippen molar-refractivity contribution in [1.29, 1.82) is 0 Å². The third-order valence-electron chi connectivity index (χ3n) is 12.3. The topological polar surface area (TPSA) is 179 Å². The maximum atomic E-state index is 12.3. The van der Waals surface area contributed by atoms with Crippen LogP contribution in [0.4, 0.5) is 0 Å². The van der Waals surface area contributed by atoms with Crippen LogP contribution < -0.4 is 0 Å². The third kappa shape index (κ3) is 20.0. The van der Waals surface area contributed by atoms with E-state index in [0.717, 1.165) is 51.4 Å². The molecule has 0 spiro atoms. The van der Waals surface area contributed by atoms with Crippen LogP contribution >= 0.6 is 0 Å². The first-order valence-electron chi connectivity index (χ1n) is 22.8. The summed E-state index contributed by atoms with van der Waals surface area (Å²) in [5, 5.41) is 0. The minimum absolute atomic E-state index is 0.0127. The van der Waals surface area contributed by atoms with Crippen LogP contribution in [0.15, 0.2) is 48.6 Å². The van der Waals surface area contributed by atoms with Crippen molar-refractivity contribution in [2.24, 2.45) is 17.3 Å². The SMILES string of the molecule is C=C(C)C(=O)OCCC[Si](OC)(OC)OC(COC(=O)C(=C)C)COC1CCC(C(C)(C)C2CCC(OCC(COC(=O)C(=C)C)O[Si](CCCOC(=O)C(=C)C)(OC)OC)CC2)CC1. The highest BCUT2D eigenvalue weighted by Crippen LogP contribution is 2.49. The zero-order valence-corrected chi connectivity index (χ0v) is 43.1. The number of carbonyl (C=O) groups is 4. The van der Waals surface area contributed by atoms with Crippen molar-refractivity contribution in [2.75, 3.05) is 68.1 Å². The molecule has 0 saturated heterocycles. The summed E-state index contributed by atoms with van der Waals surface area (Å²) in [4.78, 5) is 48.4. The molecule has 18 heteroatoms. The van der Waals surface area contributed by atoms with Gasteiger partial charge >= 0.3 is 41.5 Å². The second-order valence-electron chi connectivity index (χ2n) is 17.9. The fourth-order valence-electron chi connectivity index (χ4n) is 8.13. The molecule has 2 saturated carbocycles. The van der Waals surface area contributed by atoms with Crippen LogP contribution in [-0.2, 0) is 74.2 Å². The Balaban J connectivity index is 1.98. The van der Waals surface area contributed by atoms with Crippen LogP contribution in [-0.4, -0.2) is 134 Å². The molecule has 2 rings (SSSR count). The largest absolute Gasteiger partial charge is 0.500 e. The molecular formula is C47H80O16Si2. The lowest BCUT2D eigenvalue weighted by molar-refractivity contribution is -0.145. The second-order valence-corrected chi connectivity index (χ2v) is 23.7. The quantitative estimate of drug-likeness (QED) is 0.0211. The average Bonchev–Trinajstić information content (AvgIpc) is 3.29. The molecule has 2 aliphatic carbocycles. The fraction of sp³-hybridized carbons (Fsp3) is 0.745. The number of rotatable bonds is 32. The van der Waals surface area contributed by atoms with Crippen LogP contribution in [0.1, 0.15) is 106 Å². The minimum Gasteiger partial charge on any atom is -0.462 e. The van der Waals surface area contributed by atoms with E-state index >= 15 is 0 Å². The lowest BCUT2D eigenvalue weighted by atomic mass is 9.60. The van der Waals surface area contributed by atoms with E-state index in [1.165, 1.54) is 28.4 Å². The first kappa shape index (κ1) is 58.1. The molecule has 2 fully saturated rings. The predicted molar refractivity (Wildman–Crippen MR) is 248 cm³/mol. The van der Waals surface area contributed by atoms with Crippen molar-refractivity contribution in [3.05, 3.63) is 48.6 Å². The van der Waals surface area contributed by atoms with E-state index in [1.54, 1.807) is 27.7 Å². The van der Waals surface area contributed by atoms with E-state index in [4.69, 9.17) is 55.0 Å². The Hall–Kier alpha value is -3.05. The number of esters is 4. The van der Waals surface area contributed by atoms with Crippen LogP contribution in [0.2, 0.25) is 12.1 Å². The van der Waals surface area contributed by atoms with E-state index in [9.17, 15) is 19.2 Å². The molecule has 0 aromatic rings. The Bertz CT molecular complexity index is 1450. The molecule has 0 aromatic carbocycles. The van der Waals surface area contributed by atoms with Gasteiger partial charge in [0.2, 0.25) is 0 Å². The van der Waals surface area contributed by atoms with Gasteiger partial charge in [-0.15, -0.1) is 0 Å². The summed E-state index contributed by atoms with van der Waals surface area (Å²) in [5.74, 6) is -0.957. The normalized spacial score (nSPS) is 20.2. The van der Waals surface area contributed by atoms with Crippen LogP contribution in [0, 0.1) is 17.3 Å². The van der Waals surface area contributed by atoms with Crippen molar-refractivity contribution < 1.29 is 74.2 Å². The van der Waals surface area contributed by atoms with Gasteiger partial charge in [-0.2, -0.15) is 0 Å². The first-order valence-corrected chi connectivity index (χ1v) is 26.6. The summed E-state index contributed by atoms with van der Waals surface area (Å²) in [5.41, 5.74) is 1.29. The van der Waals surface area contributed by atoms with Gasteiger partial charge < -0.3 is 55.0 Å². The summed E-state index contributed by atoms with van der Waals surface area (Å²) >= 11 is 0. The lowest BCUT2D eigenvalue weighted by Gasteiger charge is -2.46. The Morgan fingerprint density at radius 1 is 0.492 bits per heavy atom. The molecule has 0 aliphatic heterocycles. The van der Waals surface area contributed by atoms with Gasteiger partial charge in [0.15, 0.2) is 0 Å². The number of carbonyl (C=O) groups excluding carboxylic acids is 4. The number of ether oxygens (including phenoxy) is 6. The lowest BCUT2D eigenvalue weighted by Crippen LogP contribution is -2.49. The fourth-order valence-corrected chi connectivity index (χ4v) is 12.3. The second kappa shape index (κ2) is 29.0. The Morgan fingerprint density at radius 2 is 0.785 bits per heavy atom. The molecule has 2 aliphatic rings. The van der Waals surface area contributed by atoms with Gasteiger partial charge in [-0.05, 0) is 109 Å².